The van der Waals surface area contributed by atoms with E-state index in [1.807, 2.05) is 12.1 Å². The zero-order valence-corrected chi connectivity index (χ0v) is 20.3. The van der Waals surface area contributed by atoms with Crippen LogP contribution in [0.4, 0.5) is 5.69 Å². The number of carbonyl (C=O) groups excluding carboxylic acids is 2. The van der Waals surface area contributed by atoms with Crippen molar-refractivity contribution in [3.05, 3.63) is 82.9 Å². The summed E-state index contributed by atoms with van der Waals surface area (Å²) in [6.07, 6.45) is 1.46. The number of anilines is 1. The van der Waals surface area contributed by atoms with E-state index in [0.29, 0.717) is 40.1 Å². The summed E-state index contributed by atoms with van der Waals surface area (Å²) in [5.74, 6) is -0.198. The van der Waals surface area contributed by atoms with E-state index in [-0.39, 0.29) is 0 Å². The third-order valence-corrected chi connectivity index (χ3v) is 5.28. The number of hydrogen-bond donors (Lipinski definition) is 2. The van der Waals surface area contributed by atoms with Crippen molar-refractivity contribution in [2.24, 2.45) is 11.0 Å². The molecule has 0 heterocycles. The quantitative estimate of drug-likeness (QED) is 0.242. The fourth-order valence-electron chi connectivity index (χ4n) is 2.94. The predicted octanol–water partition coefficient (Wildman–Crippen LogP) is 4.66. The highest BCUT2D eigenvalue weighted by Crippen LogP contribution is 2.28. The molecule has 35 heavy (non-hydrogen) atoms. The number of methoxy groups -OCH3 is 2. The number of amides is 2. The second kappa shape index (κ2) is 12.4. The van der Waals surface area contributed by atoms with Gasteiger partial charge in [-0.15, -0.1) is 0 Å². The SMILES string of the molecule is COc1ccc(NC(=O)C(C)C(=O)NN=Cc2ccc(OCc3ccc(Cl)cc3)c(OC)c2)cc1. The Morgan fingerprint density at radius 3 is 2.31 bits per heavy atom. The zero-order chi connectivity index (χ0) is 25.2. The molecule has 182 valence electrons. The molecule has 2 amide bonds. The molecule has 3 aromatic carbocycles. The lowest BCUT2D eigenvalue weighted by molar-refractivity contribution is -0.131. The van der Waals surface area contributed by atoms with Crippen molar-refractivity contribution in [2.45, 2.75) is 13.5 Å². The lowest BCUT2D eigenvalue weighted by Gasteiger charge is -2.12. The first-order chi connectivity index (χ1) is 16.9. The number of ether oxygens (including phenoxy) is 3. The molecule has 0 aliphatic rings. The number of hydrogen-bond acceptors (Lipinski definition) is 6. The van der Waals surface area contributed by atoms with Gasteiger partial charge in [-0.3, -0.25) is 9.59 Å². The van der Waals surface area contributed by atoms with Crippen LogP contribution < -0.4 is 25.0 Å². The molecule has 0 aliphatic carbocycles. The number of carbonyl (C=O) groups is 2. The van der Waals surface area contributed by atoms with E-state index >= 15 is 0 Å². The highest BCUT2D eigenvalue weighted by molar-refractivity contribution is 6.30. The van der Waals surface area contributed by atoms with E-state index < -0.39 is 17.7 Å². The number of nitrogens with one attached hydrogen (secondary N) is 2. The van der Waals surface area contributed by atoms with Crippen molar-refractivity contribution < 1.29 is 23.8 Å². The van der Waals surface area contributed by atoms with Gasteiger partial charge in [-0.2, -0.15) is 5.10 Å². The topological polar surface area (TPSA) is 98.2 Å². The third kappa shape index (κ3) is 7.48. The summed E-state index contributed by atoms with van der Waals surface area (Å²) in [7, 11) is 3.10. The van der Waals surface area contributed by atoms with E-state index in [0.717, 1.165) is 5.56 Å². The van der Waals surface area contributed by atoms with E-state index in [1.165, 1.54) is 20.2 Å². The van der Waals surface area contributed by atoms with Crippen LogP contribution >= 0.6 is 11.6 Å². The molecule has 1 unspecified atom stereocenters. The van der Waals surface area contributed by atoms with Gasteiger partial charge in [0.15, 0.2) is 11.5 Å². The Morgan fingerprint density at radius 2 is 1.66 bits per heavy atom. The summed E-state index contributed by atoms with van der Waals surface area (Å²) in [5.41, 5.74) is 4.59. The van der Waals surface area contributed by atoms with Crippen molar-refractivity contribution in [2.75, 3.05) is 19.5 Å². The summed E-state index contributed by atoms with van der Waals surface area (Å²) < 4.78 is 16.3. The molecule has 0 saturated carbocycles. The van der Waals surface area contributed by atoms with Crippen LogP contribution in [0.5, 0.6) is 17.2 Å². The van der Waals surface area contributed by atoms with Crippen molar-refractivity contribution in [3.63, 3.8) is 0 Å². The van der Waals surface area contributed by atoms with Gasteiger partial charge in [0, 0.05) is 10.7 Å². The first kappa shape index (κ1) is 25.6. The minimum atomic E-state index is -0.951. The Hall–Kier alpha value is -4.04. The highest BCUT2D eigenvalue weighted by Gasteiger charge is 2.21. The maximum absolute atomic E-state index is 12.4. The molecule has 0 fully saturated rings. The van der Waals surface area contributed by atoms with Crippen molar-refractivity contribution in [1.82, 2.24) is 5.43 Å². The monoisotopic (exact) mass is 495 g/mol. The highest BCUT2D eigenvalue weighted by atomic mass is 35.5. The van der Waals surface area contributed by atoms with Crippen molar-refractivity contribution >= 4 is 35.3 Å². The van der Waals surface area contributed by atoms with Gasteiger partial charge in [0.1, 0.15) is 18.3 Å². The summed E-state index contributed by atoms with van der Waals surface area (Å²) in [6, 6.07) is 19.4. The second-order valence-electron chi connectivity index (χ2n) is 7.50. The average Bonchev–Trinajstić information content (AvgIpc) is 2.88. The number of rotatable bonds is 10. The molecule has 0 spiro atoms. The Bertz CT molecular complexity index is 1180. The molecule has 0 aromatic heterocycles. The molecule has 2 N–H and O–H groups in total. The van der Waals surface area contributed by atoms with E-state index in [2.05, 4.69) is 15.8 Å². The molecule has 0 radical (unpaired) electrons. The molecule has 1 atom stereocenters. The first-order valence-corrected chi connectivity index (χ1v) is 11.1. The smallest absolute Gasteiger partial charge is 0.252 e. The zero-order valence-electron chi connectivity index (χ0n) is 19.6. The normalized spacial score (nSPS) is 11.5. The number of nitrogens with zero attached hydrogens (tertiary/aromatic N) is 1. The molecular weight excluding hydrogens is 470 g/mol. The third-order valence-electron chi connectivity index (χ3n) is 5.03. The molecule has 0 aliphatic heterocycles. The van der Waals surface area contributed by atoms with Crippen LogP contribution in [-0.4, -0.2) is 32.2 Å². The molecule has 8 nitrogen and oxygen atoms in total. The van der Waals surface area contributed by atoms with Crippen LogP contribution in [0.3, 0.4) is 0 Å². The van der Waals surface area contributed by atoms with E-state index in [9.17, 15) is 9.59 Å². The number of hydrazone groups is 1. The van der Waals surface area contributed by atoms with Gasteiger partial charge in [0.25, 0.3) is 5.91 Å². The Labute approximate surface area is 208 Å². The van der Waals surface area contributed by atoms with Gasteiger partial charge >= 0.3 is 0 Å². The molecule has 0 saturated heterocycles. The fraction of sp³-hybridized carbons (Fsp3) is 0.192. The van der Waals surface area contributed by atoms with Gasteiger partial charge in [0.05, 0.1) is 20.4 Å². The maximum atomic E-state index is 12.4. The van der Waals surface area contributed by atoms with E-state index in [1.54, 1.807) is 61.7 Å². The van der Waals surface area contributed by atoms with Crippen LogP contribution in [0, 0.1) is 5.92 Å². The predicted molar refractivity (Wildman–Crippen MR) is 135 cm³/mol. The average molecular weight is 496 g/mol. The van der Waals surface area contributed by atoms with Gasteiger partial charge in [0.2, 0.25) is 5.91 Å². The summed E-state index contributed by atoms with van der Waals surface area (Å²) >= 11 is 5.91. The Balaban J connectivity index is 1.53. The van der Waals surface area contributed by atoms with E-state index in [4.69, 9.17) is 25.8 Å². The maximum Gasteiger partial charge on any atom is 0.252 e. The van der Waals surface area contributed by atoms with Crippen LogP contribution in [-0.2, 0) is 16.2 Å². The Morgan fingerprint density at radius 1 is 0.943 bits per heavy atom. The molecule has 3 rings (SSSR count). The second-order valence-corrected chi connectivity index (χ2v) is 7.94. The van der Waals surface area contributed by atoms with Crippen LogP contribution in [0.15, 0.2) is 71.8 Å². The first-order valence-electron chi connectivity index (χ1n) is 10.7. The Kier molecular flexibility index (Phi) is 9.09. The van der Waals surface area contributed by atoms with Gasteiger partial charge in [-0.05, 0) is 72.6 Å². The van der Waals surface area contributed by atoms with Gasteiger partial charge in [-0.1, -0.05) is 23.7 Å². The van der Waals surface area contributed by atoms with Crippen LogP contribution in [0.1, 0.15) is 18.1 Å². The molecule has 0 bridgehead atoms. The summed E-state index contributed by atoms with van der Waals surface area (Å²) in [4.78, 5) is 24.7. The summed E-state index contributed by atoms with van der Waals surface area (Å²) in [5, 5.41) is 7.30. The van der Waals surface area contributed by atoms with Crippen LogP contribution in [0.25, 0.3) is 0 Å². The minimum Gasteiger partial charge on any atom is -0.497 e. The standard InChI is InChI=1S/C26H26ClN3O5/c1-17(25(31)29-21-9-11-22(33-2)12-10-21)26(32)30-28-15-19-6-13-23(24(14-19)34-3)35-16-18-4-7-20(27)8-5-18/h4-15,17H,16H2,1-3H3,(H,29,31)(H,30,32). The number of halogens is 1. The van der Waals surface area contributed by atoms with Gasteiger partial charge < -0.3 is 19.5 Å². The lowest BCUT2D eigenvalue weighted by Crippen LogP contribution is -2.34. The lowest BCUT2D eigenvalue weighted by atomic mass is 10.1. The molecule has 3 aromatic rings. The van der Waals surface area contributed by atoms with Crippen molar-refractivity contribution in [3.8, 4) is 17.2 Å². The van der Waals surface area contributed by atoms with Crippen LogP contribution in [0.2, 0.25) is 5.02 Å². The largest absolute Gasteiger partial charge is 0.497 e. The van der Waals surface area contributed by atoms with Gasteiger partial charge in [-0.25, -0.2) is 5.43 Å². The summed E-state index contributed by atoms with van der Waals surface area (Å²) in [6.45, 7) is 1.85. The molecule has 9 heteroatoms. The minimum absolute atomic E-state index is 0.355. The fourth-order valence-corrected chi connectivity index (χ4v) is 3.06. The van der Waals surface area contributed by atoms with Crippen molar-refractivity contribution in [1.29, 1.82) is 0 Å². The number of benzene rings is 3. The molecular formula is C26H26ClN3O5.